The van der Waals surface area contributed by atoms with Crippen LogP contribution in [-0.2, 0) is 39.8 Å². The molecule has 298 valence electrons. The average molecular weight is 1120 g/mol. The molecule has 0 saturated carbocycles. The van der Waals surface area contributed by atoms with Gasteiger partial charge in [-0.2, -0.15) is 30.3 Å². The Morgan fingerprint density at radius 1 is 0.453 bits per heavy atom. The molecule has 0 fully saturated rings. The van der Waals surface area contributed by atoms with Crippen molar-refractivity contribution in [3.05, 3.63) is 83.3 Å². The second-order valence-electron chi connectivity index (χ2n) is 8.80. The van der Waals surface area contributed by atoms with Crippen molar-refractivity contribution in [3.63, 3.8) is 0 Å². The fourth-order valence-corrected chi connectivity index (χ4v) is 11.2. The van der Waals surface area contributed by atoms with Crippen molar-refractivity contribution >= 4 is 198 Å². The topological polar surface area (TPSA) is 83.1 Å². The minimum absolute atomic E-state index is 0. The molecule has 0 saturated heterocycles. The molecule has 0 heterocycles. The number of halogens is 9. The zero-order valence-corrected chi connectivity index (χ0v) is 46.2. The predicted octanol–water partition coefficient (Wildman–Crippen LogP) is 3.22. The van der Waals surface area contributed by atoms with Crippen LogP contribution < -0.4 is 37.7 Å². The second-order valence-corrected chi connectivity index (χ2v) is 38.0. The summed E-state index contributed by atoms with van der Waals surface area (Å²) in [6.07, 6.45) is 0. The summed E-state index contributed by atoms with van der Waals surface area (Å²) in [4.78, 5) is 0. The van der Waals surface area contributed by atoms with Gasteiger partial charge in [-0.3, -0.25) is 0 Å². The Labute approximate surface area is 407 Å². The molecule has 0 spiro atoms. The van der Waals surface area contributed by atoms with Gasteiger partial charge in [0.2, 0.25) is 0 Å². The Balaban J connectivity index is -0.000000113. The van der Waals surface area contributed by atoms with Crippen molar-refractivity contribution in [2.45, 2.75) is 7.43 Å². The summed E-state index contributed by atoms with van der Waals surface area (Å²) < 4.78 is 49.0. The first-order valence-corrected chi connectivity index (χ1v) is 30.5. The van der Waals surface area contributed by atoms with E-state index in [2.05, 4.69) is 22.0 Å². The fourth-order valence-electron chi connectivity index (χ4n) is 3.92. The van der Waals surface area contributed by atoms with Gasteiger partial charge in [-0.25, -0.2) is 0 Å². The molecule has 9 nitrogen and oxygen atoms in total. The number of rotatable bonds is 13. The van der Waals surface area contributed by atoms with Crippen molar-refractivity contribution in [2.75, 3.05) is 64.0 Å². The Hall–Kier alpha value is 2.91. The Bertz CT molecular complexity index is 1300. The molecule has 0 aliphatic heterocycles. The summed E-state index contributed by atoms with van der Waals surface area (Å²) >= 11 is 41.0. The maximum Gasteiger partial charge on any atom is 2.00 e. The van der Waals surface area contributed by atoms with Gasteiger partial charge in [-0.15, -0.1) is 77.6 Å². The minimum atomic E-state index is -2.84. The smallest absolute Gasteiger partial charge is 1.00 e. The van der Waals surface area contributed by atoms with Crippen LogP contribution in [0.3, 0.4) is 0 Å². The van der Waals surface area contributed by atoms with Gasteiger partial charge in [0.25, 0.3) is 0 Å². The van der Waals surface area contributed by atoms with Crippen LogP contribution in [0.2, 0.25) is 0 Å². The summed E-state index contributed by atoms with van der Waals surface area (Å²) in [5.41, 5.74) is 0. The molecule has 0 aliphatic carbocycles. The molecule has 0 aliphatic rings. The zero-order valence-electron chi connectivity index (χ0n) is 31.9. The SMILES string of the molecule is C.CO[Si](OC)(OC)c1cc[c-]cc1.CO[Si](OC)(OC)c1ccc(Br)cc1.CO[Si](OC)(OC)c1ccc([Si](Cl)(Cl)Cl)cc1.Cl[Si](Cl)(Cl)Cl.[Br-].[H-].[H-].[Mg+2].[Mg+2]. The average Bonchev–Trinajstić information content (AvgIpc) is 3.09. The summed E-state index contributed by atoms with van der Waals surface area (Å²) in [6.45, 7) is 0. The van der Waals surface area contributed by atoms with Crippen LogP contribution in [0, 0.1) is 6.07 Å². The molecule has 3 rings (SSSR count). The van der Waals surface area contributed by atoms with Crippen LogP contribution in [0.4, 0.5) is 0 Å². The Morgan fingerprint density at radius 3 is 0.887 bits per heavy atom. The van der Waals surface area contributed by atoms with E-state index >= 15 is 0 Å². The molecule has 0 bridgehead atoms. The third kappa shape index (κ3) is 22.9. The van der Waals surface area contributed by atoms with E-state index in [1.54, 1.807) is 76.1 Å². The van der Waals surface area contributed by atoms with Crippen molar-refractivity contribution in [3.8, 4) is 0 Å². The van der Waals surface area contributed by atoms with Gasteiger partial charge in [0.05, 0.1) is 0 Å². The third-order valence-corrected chi connectivity index (χ3v) is 17.7. The van der Waals surface area contributed by atoms with Crippen LogP contribution in [0.1, 0.15) is 10.3 Å². The van der Waals surface area contributed by atoms with Crippen LogP contribution >= 0.6 is 93.5 Å². The molecule has 0 N–H and O–H groups in total. The Kier molecular flexibility index (Phi) is 40.1. The van der Waals surface area contributed by atoms with Crippen molar-refractivity contribution in [1.29, 1.82) is 0 Å². The van der Waals surface area contributed by atoms with Gasteiger partial charge < -0.3 is 59.7 Å². The molecule has 0 atom stereocenters. The molecule has 0 unspecified atom stereocenters. The van der Waals surface area contributed by atoms with Crippen LogP contribution in [0.15, 0.2) is 77.3 Å². The van der Waals surface area contributed by atoms with E-state index < -0.39 is 37.7 Å². The first-order valence-electron chi connectivity index (χ1n) is 13.5. The standard InChI is InChI=1S/C9H13BrO3Si.C9H13Cl3O3Si2.C9H13O3Si.CH4.BrH.Cl4Si.2Mg.2H/c1-11-14(12-2,13-3)9-6-4-8(10)5-7-9;1-13-17(14-2,15-3)9-6-4-8(5-7-9)16(10,11)12;1-10-13(11-2,12-3)9-7-5-4-6-8-9;;;1-5(2,3)4;;;;/h4-7H,1-3H3;4-7H,1-3H3;5-8H,1-3H3;1H4;1H;;;;;/q;;-1;;;;2*+2;2*-1/p-1. The monoisotopic (exact) mass is 1120 g/mol. The quantitative estimate of drug-likeness (QED) is 0.146. The third-order valence-electron chi connectivity index (χ3n) is 6.25. The molecule has 53 heavy (non-hydrogen) atoms. The van der Waals surface area contributed by atoms with Crippen molar-refractivity contribution in [2.24, 2.45) is 0 Å². The van der Waals surface area contributed by atoms with E-state index in [9.17, 15) is 0 Å². The largest absolute Gasteiger partial charge is 2.00 e. The first-order chi connectivity index (χ1) is 22.9. The second kappa shape index (κ2) is 32.6. The van der Waals surface area contributed by atoms with Crippen LogP contribution in [0.25, 0.3) is 0 Å². The maximum atomic E-state index is 5.91. The van der Waals surface area contributed by atoms with Gasteiger partial charge >= 0.3 is 83.8 Å². The molecular formula is C28H45Br2Cl7Mg2O9Si5. The predicted molar refractivity (Wildman–Crippen MR) is 238 cm³/mol. The molecule has 25 heteroatoms. The van der Waals surface area contributed by atoms with E-state index in [4.69, 9.17) is 117 Å². The van der Waals surface area contributed by atoms with E-state index in [1.807, 2.05) is 60.7 Å². The number of benzene rings is 3. The molecule has 3 aromatic rings. The Morgan fingerprint density at radius 2 is 0.660 bits per heavy atom. The van der Waals surface area contributed by atoms with E-state index in [0.29, 0.717) is 0 Å². The summed E-state index contributed by atoms with van der Waals surface area (Å²) in [5.74, 6) is 0. The van der Waals surface area contributed by atoms with Crippen molar-refractivity contribution in [1.82, 2.24) is 0 Å². The van der Waals surface area contributed by atoms with Crippen molar-refractivity contribution < 1.29 is 59.7 Å². The first kappa shape index (κ1) is 65.0. The molecule has 0 radical (unpaired) electrons. The molecular weight excluding hydrogens is 1080 g/mol. The van der Waals surface area contributed by atoms with Gasteiger partial charge in [-0.1, -0.05) is 64.9 Å². The normalized spacial score (nSPS) is 11.2. The number of hydrogen-bond acceptors (Lipinski definition) is 9. The zero-order chi connectivity index (χ0) is 37.9. The van der Waals surface area contributed by atoms with Crippen LogP contribution in [0.5, 0.6) is 0 Å². The summed E-state index contributed by atoms with van der Waals surface area (Å²) in [7, 11) is 6.19. The number of hydrogen-bond donors (Lipinski definition) is 0. The molecule has 3 aromatic carbocycles. The minimum Gasteiger partial charge on any atom is -1.00 e. The summed E-state index contributed by atoms with van der Waals surface area (Å²) in [5, 5.41) is 0.724. The van der Waals surface area contributed by atoms with Gasteiger partial charge in [0.15, 0.2) is 0 Å². The summed E-state index contributed by atoms with van der Waals surface area (Å²) in [6, 6.07) is 22.4. The fraction of sp³-hybridized carbons (Fsp3) is 0.357. The van der Waals surface area contributed by atoms with E-state index in [0.717, 1.165) is 25.2 Å². The van der Waals surface area contributed by atoms with Gasteiger partial charge in [-0.05, 0) is 17.3 Å². The van der Waals surface area contributed by atoms with Crippen LogP contribution in [-0.4, -0.2) is 148 Å². The van der Waals surface area contributed by atoms with Gasteiger partial charge in [0, 0.05) is 78.8 Å². The molecule has 0 aromatic heterocycles. The molecule has 0 amide bonds. The van der Waals surface area contributed by atoms with E-state index in [1.165, 1.54) is 0 Å². The van der Waals surface area contributed by atoms with E-state index in [-0.39, 0.29) is 73.4 Å². The van der Waals surface area contributed by atoms with Gasteiger partial charge in [0.1, 0.15) is 0 Å². The maximum absolute atomic E-state index is 5.91.